The van der Waals surface area contributed by atoms with E-state index in [1.807, 2.05) is 24.3 Å². The third-order valence-corrected chi connectivity index (χ3v) is 4.31. The number of fused-ring (bicyclic) bond motifs is 1. The maximum atomic E-state index is 12.2. The number of hydrogen-bond acceptors (Lipinski definition) is 1. The van der Waals surface area contributed by atoms with E-state index in [1.165, 1.54) is 23.1 Å². The second kappa shape index (κ2) is 6.27. The van der Waals surface area contributed by atoms with Crippen molar-refractivity contribution in [3.8, 4) is 0 Å². The fourth-order valence-corrected chi connectivity index (χ4v) is 3.26. The average Bonchev–Trinajstić information content (AvgIpc) is 2.47. The molecule has 21 heavy (non-hydrogen) atoms. The van der Waals surface area contributed by atoms with Crippen LogP contribution >= 0.6 is 0 Å². The van der Waals surface area contributed by atoms with Gasteiger partial charge in [-0.25, -0.2) is 0 Å². The van der Waals surface area contributed by atoms with Crippen molar-refractivity contribution in [3.63, 3.8) is 0 Å². The van der Waals surface area contributed by atoms with Crippen molar-refractivity contribution in [3.05, 3.63) is 42.5 Å². The van der Waals surface area contributed by atoms with Crippen LogP contribution in [0.3, 0.4) is 0 Å². The molecule has 3 heteroatoms. The molecule has 0 saturated carbocycles. The zero-order valence-corrected chi connectivity index (χ0v) is 12.6. The molecule has 1 aliphatic heterocycles. The molecule has 0 aliphatic carbocycles. The molecule has 0 aromatic heterocycles. The maximum Gasteiger partial charge on any atom is 0.279 e. The zero-order valence-electron chi connectivity index (χ0n) is 12.6. The molecule has 1 amide bonds. The highest BCUT2D eigenvalue weighted by atomic mass is 16.2. The lowest BCUT2D eigenvalue weighted by atomic mass is 10.0. The molecule has 2 aromatic rings. The van der Waals surface area contributed by atoms with Crippen molar-refractivity contribution in [2.75, 3.05) is 25.0 Å². The normalized spacial score (nSPS) is 22.1. The van der Waals surface area contributed by atoms with E-state index in [9.17, 15) is 4.79 Å². The number of benzene rings is 2. The molecule has 1 heterocycles. The quantitative estimate of drug-likeness (QED) is 0.888. The number of nitrogens with one attached hydrogen (secondary N) is 2. The van der Waals surface area contributed by atoms with Gasteiger partial charge in [0.2, 0.25) is 0 Å². The third kappa shape index (κ3) is 3.61. The van der Waals surface area contributed by atoms with Crippen LogP contribution in [0, 0.1) is 5.92 Å². The Bertz CT molecular complexity index is 638. The molecule has 0 bridgehead atoms. The SMILES string of the molecule is C[C@@H]1CCC[NH+](CC(=O)Nc2ccc3ccccc3c2)C1. The molecule has 0 radical (unpaired) electrons. The molecule has 2 aromatic carbocycles. The Morgan fingerprint density at radius 1 is 1.24 bits per heavy atom. The largest absolute Gasteiger partial charge is 0.327 e. The van der Waals surface area contributed by atoms with E-state index in [1.54, 1.807) is 0 Å². The molecule has 110 valence electrons. The number of quaternary nitrogens is 1. The first-order chi connectivity index (χ1) is 10.2. The first kappa shape index (κ1) is 14.1. The second-order valence-corrected chi connectivity index (χ2v) is 6.24. The molecular formula is C18H23N2O+. The lowest BCUT2D eigenvalue weighted by molar-refractivity contribution is -0.900. The summed E-state index contributed by atoms with van der Waals surface area (Å²) < 4.78 is 0. The van der Waals surface area contributed by atoms with Gasteiger partial charge in [0.25, 0.3) is 5.91 Å². The van der Waals surface area contributed by atoms with Crippen LogP contribution in [0.5, 0.6) is 0 Å². The second-order valence-electron chi connectivity index (χ2n) is 6.24. The van der Waals surface area contributed by atoms with Crippen LogP contribution in [-0.4, -0.2) is 25.5 Å². The van der Waals surface area contributed by atoms with Gasteiger partial charge in [-0.3, -0.25) is 4.79 Å². The van der Waals surface area contributed by atoms with Gasteiger partial charge in [0.15, 0.2) is 6.54 Å². The van der Waals surface area contributed by atoms with Crippen molar-refractivity contribution in [1.82, 2.24) is 0 Å². The van der Waals surface area contributed by atoms with Crippen molar-refractivity contribution in [2.45, 2.75) is 19.8 Å². The third-order valence-electron chi connectivity index (χ3n) is 4.31. The number of amides is 1. The molecule has 3 rings (SSSR count). The minimum atomic E-state index is 0.120. The molecule has 2 atom stereocenters. The Kier molecular flexibility index (Phi) is 4.20. The van der Waals surface area contributed by atoms with E-state index in [-0.39, 0.29) is 5.91 Å². The molecule has 1 fully saturated rings. The average molecular weight is 283 g/mol. The van der Waals surface area contributed by atoms with Crippen LogP contribution in [0.25, 0.3) is 10.8 Å². The monoisotopic (exact) mass is 283 g/mol. The minimum Gasteiger partial charge on any atom is -0.327 e. The van der Waals surface area contributed by atoms with Crippen molar-refractivity contribution in [1.29, 1.82) is 0 Å². The summed E-state index contributed by atoms with van der Waals surface area (Å²) in [5, 5.41) is 5.40. The highest BCUT2D eigenvalue weighted by Gasteiger charge is 2.21. The van der Waals surface area contributed by atoms with Crippen LogP contribution in [0.2, 0.25) is 0 Å². The van der Waals surface area contributed by atoms with Crippen LogP contribution in [-0.2, 0) is 4.79 Å². The van der Waals surface area contributed by atoms with Crippen molar-refractivity contribution >= 4 is 22.4 Å². The number of piperidine rings is 1. The predicted molar refractivity (Wildman–Crippen MR) is 86.5 cm³/mol. The van der Waals surface area contributed by atoms with Crippen molar-refractivity contribution in [2.24, 2.45) is 5.92 Å². The molecule has 0 spiro atoms. The maximum absolute atomic E-state index is 12.2. The fourth-order valence-electron chi connectivity index (χ4n) is 3.26. The first-order valence-electron chi connectivity index (χ1n) is 7.83. The van der Waals surface area contributed by atoms with Crippen LogP contribution in [0.4, 0.5) is 5.69 Å². The van der Waals surface area contributed by atoms with Gasteiger partial charge >= 0.3 is 0 Å². The van der Waals surface area contributed by atoms with Crippen LogP contribution in [0.1, 0.15) is 19.8 Å². The molecular weight excluding hydrogens is 260 g/mol. The summed E-state index contributed by atoms with van der Waals surface area (Å²) >= 11 is 0. The standard InChI is InChI=1S/C18H22N2O/c1-14-5-4-10-20(12-14)13-18(21)19-17-9-8-15-6-2-3-7-16(15)11-17/h2-3,6-9,11,14H,4-5,10,12-13H2,1H3,(H,19,21)/p+1/t14-/m1/s1. The number of rotatable bonds is 3. The van der Waals surface area contributed by atoms with Gasteiger partial charge in [-0.15, -0.1) is 0 Å². The summed E-state index contributed by atoms with van der Waals surface area (Å²) in [6.45, 7) is 5.10. The lowest BCUT2D eigenvalue weighted by Crippen LogP contribution is -3.14. The Balaban J connectivity index is 1.63. The zero-order chi connectivity index (χ0) is 14.7. The number of likely N-dealkylation sites (tertiary alicyclic amines) is 1. The minimum absolute atomic E-state index is 0.120. The van der Waals surface area contributed by atoms with Gasteiger partial charge in [0, 0.05) is 11.6 Å². The van der Waals surface area contributed by atoms with E-state index < -0.39 is 0 Å². The van der Waals surface area contributed by atoms with Gasteiger partial charge < -0.3 is 10.2 Å². The topological polar surface area (TPSA) is 33.5 Å². The summed E-state index contributed by atoms with van der Waals surface area (Å²) in [6.07, 6.45) is 2.54. The summed E-state index contributed by atoms with van der Waals surface area (Å²) in [6, 6.07) is 14.3. The highest BCUT2D eigenvalue weighted by molar-refractivity contribution is 5.94. The van der Waals surface area contributed by atoms with Crippen molar-refractivity contribution < 1.29 is 9.69 Å². The summed E-state index contributed by atoms with van der Waals surface area (Å²) in [7, 11) is 0. The Morgan fingerprint density at radius 3 is 2.86 bits per heavy atom. The Morgan fingerprint density at radius 2 is 2.05 bits per heavy atom. The first-order valence-corrected chi connectivity index (χ1v) is 7.83. The molecule has 1 unspecified atom stereocenters. The van der Waals surface area contributed by atoms with Crippen LogP contribution < -0.4 is 10.2 Å². The molecule has 3 nitrogen and oxygen atoms in total. The number of carbonyl (C=O) groups excluding carboxylic acids is 1. The van der Waals surface area contributed by atoms with E-state index in [2.05, 4.69) is 30.4 Å². The molecule has 1 aliphatic rings. The van der Waals surface area contributed by atoms with Crippen LogP contribution in [0.15, 0.2) is 42.5 Å². The smallest absolute Gasteiger partial charge is 0.279 e. The van der Waals surface area contributed by atoms with E-state index in [0.29, 0.717) is 6.54 Å². The molecule has 2 N–H and O–H groups in total. The number of anilines is 1. The summed E-state index contributed by atoms with van der Waals surface area (Å²) in [4.78, 5) is 13.6. The van der Waals surface area contributed by atoms with Gasteiger partial charge in [-0.1, -0.05) is 37.3 Å². The van der Waals surface area contributed by atoms with Gasteiger partial charge in [-0.2, -0.15) is 0 Å². The lowest BCUT2D eigenvalue weighted by Gasteiger charge is -2.27. The van der Waals surface area contributed by atoms with E-state index in [4.69, 9.17) is 0 Å². The Hall–Kier alpha value is -1.87. The highest BCUT2D eigenvalue weighted by Crippen LogP contribution is 2.18. The van der Waals surface area contributed by atoms with E-state index in [0.717, 1.165) is 30.1 Å². The Labute approximate surface area is 125 Å². The van der Waals surface area contributed by atoms with Gasteiger partial charge in [0.1, 0.15) is 0 Å². The molecule has 1 saturated heterocycles. The van der Waals surface area contributed by atoms with Gasteiger partial charge in [-0.05, 0) is 35.7 Å². The van der Waals surface area contributed by atoms with Gasteiger partial charge in [0.05, 0.1) is 13.1 Å². The summed E-state index contributed by atoms with van der Waals surface area (Å²) in [5.41, 5.74) is 0.892. The number of hydrogen-bond donors (Lipinski definition) is 2. The number of carbonyl (C=O) groups is 1. The van der Waals surface area contributed by atoms with E-state index >= 15 is 0 Å². The summed E-state index contributed by atoms with van der Waals surface area (Å²) in [5.74, 6) is 0.858. The predicted octanol–water partition coefficient (Wildman–Crippen LogP) is 2.09. The fraction of sp³-hybridized carbons (Fsp3) is 0.389.